The zero-order valence-electron chi connectivity index (χ0n) is 10.7. The highest BCUT2D eigenvalue weighted by Gasteiger charge is 2.25. The predicted octanol–water partition coefficient (Wildman–Crippen LogP) is 3.27. The number of rotatable bonds is 2. The van der Waals surface area contributed by atoms with Crippen molar-refractivity contribution in [1.82, 2.24) is 4.58 Å². The summed E-state index contributed by atoms with van der Waals surface area (Å²) < 4.78 is 2.26. The lowest BCUT2D eigenvalue weighted by Gasteiger charge is -1.92. The molecule has 18 heavy (non-hydrogen) atoms. The molecule has 0 aromatic heterocycles. The molecule has 0 aliphatic heterocycles. The van der Waals surface area contributed by atoms with Crippen LogP contribution in [0.1, 0.15) is 5.56 Å². The second kappa shape index (κ2) is 4.26. The second-order valence-corrected chi connectivity index (χ2v) is 4.61. The molecule has 3 aromatic carbocycles. The first-order valence-electron chi connectivity index (χ1n) is 6.22. The summed E-state index contributed by atoms with van der Waals surface area (Å²) >= 11 is 0. The number of nitrogens with zero attached hydrogens (tertiary/aromatic N) is 1. The minimum atomic E-state index is 1.23. The van der Waals surface area contributed by atoms with Crippen LogP contribution in [0.2, 0.25) is 0 Å². The standard InChI is InChI=1S/C17H16N/c1-13-16(14-9-5-3-6-10-14)17(13)18(2)15-11-7-4-8-12-15/h3-12H,1-2H3/q+1. The SMILES string of the molecule is Cc1c(-c2ccccc2)c1=[N+](C)c1ccccc1. The molecule has 0 bridgehead atoms. The molecule has 0 unspecified atom stereocenters. The first-order chi connectivity index (χ1) is 8.79. The smallest absolute Gasteiger partial charge is 0.194 e. The zero-order chi connectivity index (χ0) is 12.5. The van der Waals surface area contributed by atoms with Gasteiger partial charge >= 0.3 is 0 Å². The molecule has 0 N–H and O–H groups in total. The van der Waals surface area contributed by atoms with E-state index < -0.39 is 0 Å². The lowest BCUT2D eigenvalue weighted by molar-refractivity contribution is 0.913. The van der Waals surface area contributed by atoms with Crippen LogP contribution >= 0.6 is 0 Å². The van der Waals surface area contributed by atoms with Crippen molar-refractivity contribution in [1.29, 1.82) is 0 Å². The lowest BCUT2D eigenvalue weighted by atomic mass is 10.2. The summed E-state index contributed by atoms with van der Waals surface area (Å²) in [5.74, 6) is 0. The van der Waals surface area contributed by atoms with E-state index in [-0.39, 0.29) is 0 Å². The molecule has 0 aliphatic rings. The van der Waals surface area contributed by atoms with Crippen LogP contribution in [0.15, 0.2) is 60.7 Å². The van der Waals surface area contributed by atoms with Crippen LogP contribution < -0.4 is 9.93 Å². The van der Waals surface area contributed by atoms with Gasteiger partial charge < -0.3 is 0 Å². The van der Waals surface area contributed by atoms with Gasteiger partial charge in [-0.2, -0.15) is 4.58 Å². The summed E-state index contributed by atoms with van der Waals surface area (Å²) in [7, 11) is 2.13. The average molecular weight is 234 g/mol. The topological polar surface area (TPSA) is 3.01 Å². The molecule has 0 saturated carbocycles. The molecule has 0 aliphatic carbocycles. The van der Waals surface area contributed by atoms with Crippen molar-refractivity contribution in [2.75, 3.05) is 7.05 Å². The summed E-state index contributed by atoms with van der Waals surface area (Å²) in [6.45, 7) is 2.19. The predicted molar refractivity (Wildman–Crippen MR) is 76.3 cm³/mol. The van der Waals surface area contributed by atoms with E-state index in [9.17, 15) is 0 Å². The highest BCUT2D eigenvalue weighted by molar-refractivity contribution is 5.75. The van der Waals surface area contributed by atoms with Gasteiger partial charge in [0.15, 0.2) is 0 Å². The maximum Gasteiger partial charge on any atom is 0.217 e. The van der Waals surface area contributed by atoms with Crippen molar-refractivity contribution >= 4 is 5.69 Å². The molecule has 1 nitrogen and oxygen atoms in total. The molecular weight excluding hydrogens is 218 g/mol. The minimum Gasteiger partial charge on any atom is -0.194 e. The largest absolute Gasteiger partial charge is 0.217 e. The fraction of sp³-hybridized carbons (Fsp3) is 0.118. The van der Waals surface area contributed by atoms with E-state index >= 15 is 0 Å². The van der Waals surface area contributed by atoms with Crippen LogP contribution in [-0.2, 0) is 0 Å². The van der Waals surface area contributed by atoms with Gasteiger partial charge in [-0.05, 0) is 12.5 Å². The molecular formula is C17H16N+. The third kappa shape index (κ3) is 1.78. The fourth-order valence-corrected chi connectivity index (χ4v) is 2.43. The molecule has 3 aromatic rings. The highest BCUT2D eigenvalue weighted by Crippen LogP contribution is 2.24. The quantitative estimate of drug-likeness (QED) is 0.599. The van der Waals surface area contributed by atoms with Gasteiger partial charge in [0.2, 0.25) is 11.0 Å². The second-order valence-electron chi connectivity index (χ2n) is 4.61. The lowest BCUT2D eigenvalue weighted by Crippen LogP contribution is -2.14. The Morgan fingerprint density at radius 1 is 0.778 bits per heavy atom. The van der Waals surface area contributed by atoms with Gasteiger partial charge in [0.25, 0.3) is 0 Å². The Morgan fingerprint density at radius 3 is 1.94 bits per heavy atom. The van der Waals surface area contributed by atoms with Crippen molar-refractivity contribution in [2.45, 2.75) is 6.92 Å². The maximum absolute atomic E-state index is 2.26. The van der Waals surface area contributed by atoms with Crippen LogP contribution in [0.5, 0.6) is 0 Å². The van der Waals surface area contributed by atoms with Crippen LogP contribution in [0.3, 0.4) is 0 Å². The molecule has 88 valence electrons. The fourth-order valence-electron chi connectivity index (χ4n) is 2.43. The van der Waals surface area contributed by atoms with Crippen molar-refractivity contribution in [3.63, 3.8) is 0 Å². The summed E-state index contributed by atoms with van der Waals surface area (Å²) in [5, 5.41) is 1.35. The van der Waals surface area contributed by atoms with Gasteiger partial charge in [0, 0.05) is 17.7 Å². The number of hydrogen-bond acceptors (Lipinski definition) is 0. The van der Waals surface area contributed by atoms with E-state index in [0.29, 0.717) is 0 Å². The van der Waals surface area contributed by atoms with E-state index in [1.807, 2.05) is 6.07 Å². The third-order valence-electron chi connectivity index (χ3n) is 3.45. The minimum absolute atomic E-state index is 1.23. The molecule has 0 heterocycles. The molecule has 0 atom stereocenters. The van der Waals surface area contributed by atoms with Gasteiger partial charge in [0.1, 0.15) is 7.05 Å². The maximum atomic E-state index is 2.26. The summed E-state index contributed by atoms with van der Waals surface area (Å²) in [6, 6.07) is 21.1. The first kappa shape index (κ1) is 11.0. The molecule has 0 radical (unpaired) electrons. The van der Waals surface area contributed by atoms with Crippen molar-refractivity contribution in [3.05, 3.63) is 71.6 Å². The van der Waals surface area contributed by atoms with Crippen LogP contribution in [0, 0.1) is 6.92 Å². The Kier molecular flexibility index (Phi) is 2.60. The van der Waals surface area contributed by atoms with E-state index in [1.165, 1.54) is 27.7 Å². The summed E-state index contributed by atoms with van der Waals surface area (Å²) in [6.07, 6.45) is 0. The first-order valence-corrected chi connectivity index (χ1v) is 6.22. The van der Waals surface area contributed by atoms with Crippen LogP contribution in [0.4, 0.5) is 5.69 Å². The normalized spacial score (nSPS) is 12.8. The van der Waals surface area contributed by atoms with Crippen LogP contribution in [0.25, 0.3) is 11.1 Å². The average Bonchev–Trinajstić information content (AvgIpc) is 3.11. The van der Waals surface area contributed by atoms with Gasteiger partial charge in [0.05, 0.1) is 5.56 Å². The number of hydrogen-bond donors (Lipinski definition) is 0. The van der Waals surface area contributed by atoms with E-state index in [0.717, 1.165) is 0 Å². The number of benzene rings is 2. The van der Waals surface area contributed by atoms with Gasteiger partial charge in [-0.15, -0.1) is 0 Å². The van der Waals surface area contributed by atoms with Crippen LogP contribution in [-0.4, -0.2) is 7.05 Å². The van der Waals surface area contributed by atoms with E-state index in [2.05, 4.69) is 73.1 Å². The molecule has 0 saturated heterocycles. The molecule has 0 amide bonds. The van der Waals surface area contributed by atoms with E-state index in [4.69, 9.17) is 0 Å². The van der Waals surface area contributed by atoms with Crippen molar-refractivity contribution in [2.24, 2.45) is 0 Å². The molecule has 0 spiro atoms. The van der Waals surface area contributed by atoms with Gasteiger partial charge in [-0.3, -0.25) is 0 Å². The Bertz CT molecular complexity index is 684. The Balaban J connectivity index is 2.11. The summed E-state index contributed by atoms with van der Waals surface area (Å²) in [4.78, 5) is 0. The van der Waals surface area contributed by atoms with Gasteiger partial charge in [-0.25, -0.2) is 0 Å². The monoisotopic (exact) mass is 234 g/mol. The molecule has 0 fully saturated rings. The van der Waals surface area contributed by atoms with Crippen molar-refractivity contribution < 1.29 is 0 Å². The Hall–Kier alpha value is -2.15. The zero-order valence-corrected chi connectivity index (χ0v) is 10.7. The van der Waals surface area contributed by atoms with Crippen molar-refractivity contribution in [3.8, 4) is 11.1 Å². The van der Waals surface area contributed by atoms with Gasteiger partial charge in [-0.1, -0.05) is 48.5 Å². The Morgan fingerprint density at radius 2 is 1.33 bits per heavy atom. The highest BCUT2D eigenvalue weighted by atomic mass is 15.0. The Labute approximate surface area is 107 Å². The van der Waals surface area contributed by atoms with E-state index in [1.54, 1.807) is 0 Å². The third-order valence-corrected chi connectivity index (χ3v) is 3.45. The summed E-state index contributed by atoms with van der Waals surface area (Å²) in [5.41, 5.74) is 5.33. The molecule has 1 heteroatoms. The molecule has 3 rings (SSSR count). The number of para-hydroxylation sites is 1.